The van der Waals surface area contributed by atoms with Gasteiger partial charge in [-0.2, -0.15) is 18.4 Å². The maximum absolute atomic E-state index is 12.8. The molecular formula is C18H16F3N3O2S. The van der Waals surface area contributed by atoms with Crippen LogP contribution in [0.3, 0.4) is 0 Å². The molecule has 0 saturated heterocycles. The van der Waals surface area contributed by atoms with Crippen molar-refractivity contribution in [1.82, 2.24) is 4.57 Å². The highest BCUT2D eigenvalue weighted by Crippen LogP contribution is 2.39. The molecule has 0 aliphatic heterocycles. The number of thiophene rings is 1. The Kier molecular flexibility index (Phi) is 5.11. The van der Waals surface area contributed by atoms with Gasteiger partial charge in [-0.05, 0) is 36.8 Å². The van der Waals surface area contributed by atoms with Gasteiger partial charge in [-0.25, -0.2) is 0 Å². The SMILES string of the molecule is C[C@@H]1CCc2c(sc(NC(=O)Cn3cc(C(F)(F)F)ccc3=O)c2C#N)C1. The van der Waals surface area contributed by atoms with E-state index in [4.69, 9.17) is 0 Å². The van der Waals surface area contributed by atoms with E-state index in [1.54, 1.807) is 0 Å². The van der Waals surface area contributed by atoms with Gasteiger partial charge < -0.3 is 9.88 Å². The first kappa shape index (κ1) is 19.2. The largest absolute Gasteiger partial charge is 0.417 e. The molecule has 9 heteroatoms. The summed E-state index contributed by atoms with van der Waals surface area (Å²) in [6, 6.07) is 3.57. The summed E-state index contributed by atoms with van der Waals surface area (Å²) in [5, 5.41) is 12.4. The maximum atomic E-state index is 12.8. The average molecular weight is 395 g/mol. The fourth-order valence-corrected chi connectivity index (χ4v) is 4.48. The van der Waals surface area contributed by atoms with Crippen molar-refractivity contribution in [1.29, 1.82) is 5.26 Å². The second-order valence-electron chi connectivity index (χ2n) is 6.60. The van der Waals surface area contributed by atoms with E-state index in [0.29, 0.717) is 33.3 Å². The second kappa shape index (κ2) is 7.19. The Bertz CT molecular complexity index is 985. The molecule has 2 heterocycles. The van der Waals surface area contributed by atoms with E-state index >= 15 is 0 Å². The van der Waals surface area contributed by atoms with Crippen LogP contribution in [0.25, 0.3) is 0 Å². The first-order valence-electron chi connectivity index (χ1n) is 8.31. The van der Waals surface area contributed by atoms with Crippen LogP contribution >= 0.6 is 11.3 Å². The van der Waals surface area contributed by atoms with Crippen molar-refractivity contribution in [2.45, 2.75) is 38.9 Å². The molecule has 0 unspecified atom stereocenters. The number of carbonyl (C=O) groups is 1. The zero-order valence-electron chi connectivity index (χ0n) is 14.4. The summed E-state index contributed by atoms with van der Waals surface area (Å²) < 4.78 is 39.1. The molecule has 1 amide bonds. The molecule has 2 aromatic heterocycles. The van der Waals surface area contributed by atoms with Crippen molar-refractivity contribution < 1.29 is 18.0 Å². The molecule has 1 aliphatic rings. The van der Waals surface area contributed by atoms with E-state index in [1.165, 1.54) is 11.3 Å². The standard InChI is InChI=1S/C18H16F3N3O2S/c1-10-2-4-12-13(7-22)17(27-14(12)6-10)23-15(25)9-24-8-11(18(19,20)21)3-5-16(24)26/h3,5,8,10H,2,4,6,9H2,1H3,(H,23,25)/t10-/m1/s1. The van der Waals surface area contributed by atoms with Crippen LogP contribution in [0.15, 0.2) is 23.1 Å². The lowest BCUT2D eigenvalue weighted by atomic mass is 9.89. The highest BCUT2D eigenvalue weighted by Gasteiger charge is 2.31. The Morgan fingerprint density at radius 1 is 1.44 bits per heavy atom. The minimum absolute atomic E-state index is 0.390. The number of fused-ring (bicyclic) bond motifs is 1. The predicted molar refractivity (Wildman–Crippen MR) is 94.6 cm³/mol. The molecule has 1 aliphatic carbocycles. The molecule has 0 radical (unpaired) electrons. The Hall–Kier alpha value is -2.60. The lowest BCUT2D eigenvalue weighted by Crippen LogP contribution is -2.28. The molecule has 27 heavy (non-hydrogen) atoms. The van der Waals surface area contributed by atoms with Gasteiger partial charge >= 0.3 is 6.18 Å². The molecule has 3 rings (SSSR count). The lowest BCUT2D eigenvalue weighted by Gasteiger charge is -2.17. The van der Waals surface area contributed by atoms with Gasteiger partial charge in [0.05, 0.1) is 11.1 Å². The van der Waals surface area contributed by atoms with E-state index in [1.807, 2.05) is 0 Å². The van der Waals surface area contributed by atoms with Gasteiger partial charge in [0.15, 0.2) is 0 Å². The number of halogens is 3. The van der Waals surface area contributed by atoms with Crippen LogP contribution in [0.2, 0.25) is 0 Å². The third kappa shape index (κ3) is 4.06. The lowest BCUT2D eigenvalue weighted by molar-refractivity contribution is -0.138. The number of hydrogen-bond acceptors (Lipinski definition) is 4. The van der Waals surface area contributed by atoms with Crippen LogP contribution < -0.4 is 10.9 Å². The van der Waals surface area contributed by atoms with Gasteiger partial charge in [-0.15, -0.1) is 11.3 Å². The number of amides is 1. The molecule has 0 fully saturated rings. The quantitative estimate of drug-likeness (QED) is 0.864. The first-order chi connectivity index (χ1) is 12.7. The molecule has 0 spiro atoms. The van der Waals surface area contributed by atoms with E-state index in [9.17, 15) is 28.0 Å². The van der Waals surface area contributed by atoms with Crippen molar-refractivity contribution in [2.75, 3.05) is 5.32 Å². The van der Waals surface area contributed by atoms with Gasteiger partial charge in [0.25, 0.3) is 5.56 Å². The third-order valence-electron chi connectivity index (χ3n) is 4.50. The Labute approximate surface area is 157 Å². The summed E-state index contributed by atoms with van der Waals surface area (Å²) in [7, 11) is 0. The highest BCUT2D eigenvalue weighted by atomic mass is 32.1. The fraction of sp³-hybridized carbons (Fsp3) is 0.389. The van der Waals surface area contributed by atoms with Crippen LogP contribution in [0.5, 0.6) is 0 Å². The highest BCUT2D eigenvalue weighted by molar-refractivity contribution is 7.16. The van der Waals surface area contributed by atoms with E-state index in [2.05, 4.69) is 18.3 Å². The van der Waals surface area contributed by atoms with Gasteiger partial charge in [-0.1, -0.05) is 6.92 Å². The average Bonchev–Trinajstić information content (AvgIpc) is 2.91. The molecule has 0 saturated carbocycles. The zero-order valence-corrected chi connectivity index (χ0v) is 15.2. The van der Waals surface area contributed by atoms with Crippen LogP contribution in [-0.2, 0) is 30.4 Å². The molecule has 0 aromatic carbocycles. The summed E-state index contributed by atoms with van der Waals surface area (Å²) >= 11 is 1.32. The van der Waals surface area contributed by atoms with E-state index in [0.717, 1.165) is 35.8 Å². The minimum atomic E-state index is -4.61. The molecule has 0 bridgehead atoms. The van der Waals surface area contributed by atoms with Crippen molar-refractivity contribution in [3.05, 3.63) is 50.3 Å². The minimum Gasteiger partial charge on any atom is -0.315 e. The Morgan fingerprint density at radius 3 is 2.85 bits per heavy atom. The molecule has 142 valence electrons. The number of alkyl halides is 3. The Balaban J connectivity index is 1.82. The number of pyridine rings is 1. The normalized spacial score (nSPS) is 16.5. The number of hydrogen-bond donors (Lipinski definition) is 1. The van der Waals surface area contributed by atoms with E-state index in [-0.39, 0.29) is 0 Å². The summed E-state index contributed by atoms with van der Waals surface area (Å²) in [4.78, 5) is 25.1. The van der Waals surface area contributed by atoms with Crippen molar-refractivity contribution in [2.24, 2.45) is 5.92 Å². The molecule has 2 aromatic rings. The van der Waals surface area contributed by atoms with Crippen molar-refractivity contribution in [3.63, 3.8) is 0 Å². The number of nitrogens with one attached hydrogen (secondary N) is 1. The predicted octanol–water partition coefficient (Wildman–Crippen LogP) is 3.56. The summed E-state index contributed by atoms with van der Waals surface area (Å²) in [6.07, 6.45) is -1.43. The van der Waals surface area contributed by atoms with Gasteiger partial charge in [-0.3, -0.25) is 9.59 Å². The maximum Gasteiger partial charge on any atom is 0.417 e. The number of rotatable bonds is 3. The van der Waals surface area contributed by atoms with E-state index < -0.39 is 29.8 Å². The first-order valence-corrected chi connectivity index (χ1v) is 9.13. The topological polar surface area (TPSA) is 74.9 Å². The number of anilines is 1. The van der Waals surface area contributed by atoms with Crippen LogP contribution in [-0.4, -0.2) is 10.5 Å². The van der Waals surface area contributed by atoms with Crippen LogP contribution in [0.4, 0.5) is 18.2 Å². The summed E-state index contributed by atoms with van der Waals surface area (Å²) in [5.41, 5.74) is -0.370. The smallest absolute Gasteiger partial charge is 0.315 e. The second-order valence-corrected chi connectivity index (χ2v) is 7.70. The summed E-state index contributed by atoms with van der Waals surface area (Å²) in [6.45, 7) is 1.56. The van der Waals surface area contributed by atoms with Crippen LogP contribution in [0, 0.1) is 17.2 Å². The third-order valence-corrected chi connectivity index (χ3v) is 5.67. The number of nitrogens with zero attached hydrogens (tertiary/aromatic N) is 2. The van der Waals surface area contributed by atoms with Crippen molar-refractivity contribution >= 4 is 22.2 Å². The van der Waals surface area contributed by atoms with Gasteiger partial charge in [0, 0.05) is 17.1 Å². The number of carbonyl (C=O) groups excluding carboxylic acids is 1. The van der Waals surface area contributed by atoms with Crippen LogP contribution in [0.1, 0.15) is 34.9 Å². The molecule has 5 nitrogen and oxygen atoms in total. The monoisotopic (exact) mass is 395 g/mol. The van der Waals surface area contributed by atoms with Crippen molar-refractivity contribution in [3.8, 4) is 6.07 Å². The molecular weight excluding hydrogens is 379 g/mol. The molecule has 1 N–H and O–H groups in total. The van der Waals surface area contributed by atoms with Gasteiger partial charge in [0.1, 0.15) is 17.6 Å². The Morgan fingerprint density at radius 2 is 2.19 bits per heavy atom. The summed E-state index contributed by atoms with van der Waals surface area (Å²) in [5.74, 6) is -0.158. The van der Waals surface area contributed by atoms with Gasteiger partial charge in [0.2, 0.25) is 5.91 Å². The molecule has 1 atom stereocenters. The number of nitriles is 1. The number of aromatic nitrogens is 1. The zero-order chi connectivity index (χ0) is 19.8. The fourth-order valence-electron chi connectivity index (χ4n) is 3.10.